The van der Waals surface area contributed by atoms with E-state index in [-0.39, 0.29) is 17.9 Å². The van der Waals surface area contributed by atoms with Crippen molar-refractivity contribution in [3.05, 3.63) is 65.9 Å². The van der Waals surface area contributed by atoms with E-state index >= 15 is 0 Å². The maximum atomic E-state index is 13.6. The lowest BCUT2D eigenvalue weighted by Crippen LogP contribution is -2.14. The second-order valence-electron chi connectivity index (χ2n) is 6.91. The summed E-state index contributed by atoms with van der Waals surface area (Å²) < 4.78 is 46.5. The monoisotopic (exact) mass is 416 g/mol. The van der Waals surface area contributed by atoms with Gasteiger partial charge in [0.15, 0.2) is 0 Å². The van der Waals surface area contributed by atoms with Crippen molar-refractivity contribution < 1.29 is 17.9 Å². The van der Waals surface area contributed by atoms with Crippen molar-refractivity contribution in [1.29, 1.82) is 0 Å². The van der Waals surface area contributed by atoms with E-state index in [1.807, 2.05) is 39.0 Å². The van der Waals surface area contributed by atoms with Gasteiger partial charge in [0.25, 0.3) is 0 Å². The molecule has 158 valence electrons. The van der Waals surface area contributed by atoms with Gasteiger partial charge in [-0.15, -0.1) is 0 Å². The first-order chi connectivity index (χ1) is 14.3. The zero-order valence-electron chi connectivity index (χ0n) is 16.9. The van der Waals surface area contributed by atoms with Crippen LogP contribution in [-0.2, 0) is 6.18 Å². The van der Waals surface area contributed by atoms with Crippen LogP contribution in [0.1, 0.15) is 31.4 Å². The highest BCUT2D eigenvalue weighted by Crippen LogP contribution is 2.37. The van der Waals surface area contributed by atoms with E-state index < -0.39 is 11.7 Å². The molecule has 0 aliphatic carbocycles. The molecule has 30 heavy (non-hydrogen) atoms. The minimum atomic E-state index is -4.61. The lowest BCUT2D eigenvalue weighted by molar-refractivity contribution is -0.137. The Morgan fingerprint density at radius 2 is 1.83 bits per heavy atom. The van der Waals surface area contributed by atoms with Gasteiger partial charge in [0.1, 0.15) is 17.1 Å². The topological polar surface area (TPSA) is 59.1 Å². The Bertz CT molecular complexity index is 1010. The second kappa shape index (κ2) is 9.02. The van der Waals surface area contributed by atoms with Crippen molar-refractivity contribution >= 4 is 23.1 Å². The fraction of sp³-hybridized carbons (Fsp3) is 0.273. The standard InChI is InChI=1S/C22H23F3N4O/c1-4-15(3)30-19-11-6-5-10-18(19)28-20-17(22(23,24)25)13-26-21(29-20)27-16-9-7-8-14(2)12-16/h5-13,15H,4H2,1-3H3,(H2,26,27,28,29). The quantitative estimate of drug-likeness (QED) is 0.462. The molecule has 2 aromatic carbocycles. The number of nitrogens with zero attached hydrogens (tertiary/aromatic N) is 2. The van der Waals surface area contributed by atoms with Crippen molar-refractivity contribution in [2.45, 2.75) is 39.5 Å². The van der Waals surface area contributed by atoms with Crippen molar-refractivity contribution in [1.82, 2.24) is 9.97 Å². The van der Waals surface area contributed by atoms with E-state index in [2.05, 4.69) is 20.6 Å². The zero-order chi connectivity index (χ0) is 21.7. The number of ether oxygens (including phenoxy) is 1. The fourth-order valence-electron chi connectivity index (χ4n) is 2.70. The average molecular weight is 416 g/mol. The van der Waals surface area contributed by atoms with Crippen LogP contribution in [0.4, 0.5) is 36.3 Å². The molecule has 0 fully saturated rings. The number of anilines is 4. The van der Waals surface area contributed by atoms with E-state index in [1.165, 1.54) is 0 Å². The van der Waals surface area contributed by atoms with Crippen LogP contribution in [0.15, 0.2) is 54.7 Å². The molecular formula is C22H23F3N4O. The minimum Gasteiger partial charge on any atom is -0.489 e. The van der Waals surface area contributed by atoms with E-state index in [0.717, 1.165) is 18.2 Å². The van der Waals surface area contributed by atoms with E-state index in [0.29, 0.717) is 17.1 Å². The van der Waals surface area contributed by atoms with Crippen molar-refractivity contribution in [3.8, 4) is 5.75 Å². The van der Waals surface area contributed by atoms with Crippen molar-refractivity contribution in [2.75, 3.05) is 10.6 Å². The predicted octanol–water partition coefficient (Wildman–Crippen LogP) is 6.47. The van der Waals surface area contributed by atoms with E-state index in [9.17, 15) is 13.2 Å². The number of hydrogen-bond donors (Lipinski definition) is 2. The van der Waals surface area contributed by atoms with Crippen LogP contribution >= 0.6 is 0 Å². The van der Waals surface area contributed by atoms with E-state index in [1.54, 1.807) is 30.3 Å². The molecule has 1 aromatic heterocycles. The molecular weight excluding hydrogens is 393 g/mol. The predicted molar refractivity (Wildman–Crippen MR) is 112 cm³/mol. The molecule has 0 amide bonds. The molecule has 0 saturated carbocycles. The number of aryl methyl sites for hydroxylation is 1. The number of nitrogens with one attached hydrogen (secondary N) is 2. The minimum absolute atomic E-state index is 0.0522. The van der Waals surface area contributed by atoms with Crippen LogP contribution in [0.25, 0.3) is 0 Å². The van der Waals surface area contributed by atoms with Gasteiger partial charge >= 0.3 is 6.18 Å². The zero-order valence-corrected chi connectivity index (χ0v) is 16.9. The number of benzene rings is 2. The molecule has 0 spiro atoms. The van der Waals surface area contributed by atoms with Gasteiger partial charge in [-0.1, -0.05) is 31.2 Å². The number of halogens is 3. The maximum absolute atomic E-state index is 13.6. The first-order valence-corrected chi connectivity index (χ1v) is 9.57. The first kappa shape index (κ1) is 21.4. The van der Waals surface area contributed by atoms with Crippen LogP contribution in [0, 0.1) is 6.92 Å². The SMILES string of the molecule is CCC(C)Oc1ccccc1Nc1nc(Nc2cccc(C)c2)ncc1C(F)(F)F. The number of para-hydroxylation sites is 2. The summed E-state index contributed by atoms with van der Waals surface area (Å²) in [5.41, 5.74) is 1.11. The van der Waals surface area contributed by atoms with Crippen molar-refractivity contribution in [3.63, 3.8) is 0 Å². The lowest BCUT2D eigenvalue weighted by atomic mass is 10.2. The van der Waals surface area contributed by atoms with Crippen LogP contribution in [-0.4, -0.2) is 16.1 Å². The summed E-state index contributed by atoms with van der Waals surface area (Å²) in [6, 6.07) is 14.2. The lowest BCUT2D eigenvalue weighted by Gasteiger charge is -2.19. The van der Waals surface area contributed by atoms with Gasteiger partial charge in [-0.3, -0.25) is 0 Å². The highest BCUT2D eigenvalue weighted by molar-refractivity contribution is 5.67. The van der Waals surface area contributed by atoms with Gasteiger partial charge in [0.05, 0.1) is 11.8 Å². The number of alkyl halides is 3. The Labute approximate surface area is 173 Å². The summed E-state index contributed by atoms with van der Waals surface area (Å²) in [5, 5.41) is 5.72. The first-order valence-electron chi connectivity index (χ1n) is 9.57. The van der Waals surface area contributed by atoms with Gasteiger partial charge in [0.2, 0.25) is 5.95 Å². The molecule has 1 unspecified atom stereocenters. The third kappa shape index (κ3) is 5.40. The molecule has 3 aromatic rings. The van der Waals surface area contributed by atoms with Gasteiger partial charge < -0.3 is 15.4 Å². The molecule has 0 aliphatic heterocycles. The molecule has 1 atom stereocenters. The third-order valence-corrected chi connectivity index (χ3v) is 4.41. The van der Waals surface area contributed by atoms with E-state index in [4.69, 9.17) is 4.74 Å². The molecule has 5 nitrogen and oxygen atoms in total. The molecule has 2 N–H and O–H groups in total. The summed E-state index contributed by atoms with van der Waals surface area (Å²) in [4.78, 5) is 7.93. The number of hydrogen-bond acceptors (Lipinski definition) is 5. The summed E-state index contributed by atoms with van der Waals surface area (Å²) in [7, 11) is 0. The molecule has 0 aliphatic rings. The molecule has 0 saturated heterocycles. The average Bonchev–Trinajstić information content (AvgIpc) is 2.68. The second-order valence-corrected chi connectivity index (χ2v) is 6.91. The highest BCUT2D eigenvalue weighted by atomic mass is 19.4. The molecule has 8 heteroatoms. The van der Waals surface area contributed by atoms with Crippen LogP contribution < -0.4 is 15.4 Å². The summed E-state index contributed by atoms with van der Waals surface area (Å²) >= 11 is 0. The molecule has 1 heterocycles. The largest absolute Gasteiger partial charge is 0.489 e. The normalized spacial score (nSPS) is 12.3. The van der Waals surface area contributed by atoms with Gasteiger partial charge in [-0.25, -0.2) is 4.98 Å². The molecule has 0 bridgehead atoms. The molecule has 0 radical (unpaired) electrons. The van der Waals surface area contributed by atoms with Gasteiger partial charge in [0, 0.05) is 11.9 Å². The van der Waals surface area contributed by atoms with Gasteiger partial charge in [-0.2, -0.15) is 18.2 Å². The third-order valence-electron chi connectivity index (χ3n) is 4.41. The summed E-state index contributed by atoms with van der Waals surface area (Å²) in [6.45, 7) is 5.78. The van der Waals surface area contributed by atoms with Crippen LogP contribution in [0.2, 0.25) is 0 Å². The maximum Gasteiger partial charge on any atom is 0.421 e. The Morgan fingerprint density at radius 3 is 2.53 bits per heavy atom. The fourth-order valence-corrected chi connectivity index (χ4v) is 2.70. The Morgan fingerprint density at radius 1 is 1.07 bits per heavy atom. The van der Waals surface area contributed by atoms with Crippen LogP contribution in [0.3, 0.4) is 0 Å². The highest BCUT2D eigenvalue weighted by Gasteiger charge is 2.35. The smallest absolute Gasteiger partial charge is 0.421 e. The van der Waals surface area contributed by atoms with Gasteiger partial charge in [-0.05, 0) is 50.1 Å². The molecule has 3 rings (SSSR count). The Kier molecular flexibility index (Phi) is 6.44. The van der Waals surface area contributed by atoms with Crippen LogP contribution in [0.5, 0.6) is 5.75 Å². The van der Waals surface area contributed by atoms with Crippen molar-refractivity contribution in [2.24, 2.45) is 0 Å². The number of aromatic nitrogens is 2. The summed E-state index contributed by atoms with van der Waals surface area (Å²) in [5.74, 6) is 0.149. The Hall–Kier alpha value is -3.29. The Balaban J connectivity index is 1.96. The number of rotatable bonds is 7. The summed E-state index contributed by atoms with van der Waals surface area (Å²) in [6.07, 6.45) is -3.17.